The van der Waals surface area contributed by atoms with Crippen molar-refractivity contribution in [1.29, 1.82) is 0 Å². The van der Waals surface area contributed by atoms with E-state index in [1.807, 2.05) is 23.1 Å². The lowest BCUT2D eigenvalue weighted by atomic mass is 9.88. The average molecular weight is 272 g/mol. The summed E-state index contributed by atoms with van der Waals surface area (Å²) in [6.07, 6.45) is 1.14. The zero-order valence-corrected chi connectivity index (χ0v) is 11.6. The predicted molar refractivity (Wildman–Crippen MR) is 75.3 cm³/mol. The monoisotopic (exact) mass is 272 g/mol. The van der Waals surface area contributed by atoms with Crippen LogP contribution < -0.4 is 5.32 Å². The number of carbonyl (C=O) groups excluding carboxylic acids is 1. The third-order valence-corrected chi connectivity index (χ3v) is 4.96. The van der Waals surface area contributed by atoms with Gasteiger partial charge in [0.25, 0.3) is 5.91 Å². The molecule has 1 amide bonds. The maximum Gasteiger partial charge on any atom is 0.253 e. The third kappa shape index (κ3) is 2.03. The maximum absolute atomic E-state index is 12.7. The number of amides is 1. The Hall–Kier alpha value is -1.39. The van der Waals surface area contributed by atoms with Crippen molar-refractivity contribution in [3.05, 3.63) is 34.9 Å². The summed E-state index contributed by atoms with van der Waals surface area (Å²) in [5, 5.41) is 3.44. The molecule has 0 bridgehead atoms. The van der Waals surface area contributed by atoms with Gasteiger partial charge in [-0.15, -0.1) is 0 Å². The van der Waals surface area contributed by atoms with E-state index >= 15 is 0 Å². The van der Waals surface area contributed by atoms with E-state index in [1.165, 1.54) is 11.1 Å². The Morgan fingerprint density at radius 3 is 3.00 bits per heavy atom. The fourth-order valence-electron chi connectivity index (χ4n) is 3.71. The summed E-state index contributed by atoms with van der Waals surface area (Å²) < 4.78 is 5.42. The van der Waals surface area contributed by atoms with Crippen molar-refractivity contribution >= 4 is 5.91 Å². The molecule has 2 atom stereocenters. The number of benzene rings is 1. The van der Waals surface area contributed by atoms with E-state index in [0.29, 0.717) is 19.1 Å². The second-order valence-corrected chi connectivity index (χ2v) is 6.19. The van der Waals surface area contributed by atoms with Crippen LogP contribution in [-0.2, 0) is 18.0 Å². The number of likely N-dealkylation sites (tertiary alicyclic amines) is 1. The minimum atomic E-state index is 0.185. The largest absolute Gasteiger partial charge is 0.372 e. The lowest BCUT2D eigenvalue weighted by Crippen LogP contribution is -2.43. The van der Waals surface area contributed by atoms with Crippen LogP contribution in [0.5, 0.6) is 0 Å². The lowest BCUT2D eigenvalue weighted by molar-refractivity contribution is 0.0642. The number of rotatable bonds is 1. The van der Waals surface area contributed by atoms with Crippen molar-refractivity contribution in [3.8, 4) is 0 Å². The van der Waals surface area contributed by atoms with E-state index in [2.05, 4.69) is 5.32 Å². The number of nitrogens with zero attached hydrogens (tertiary/aromatic N) is 1. The molecule has 2 unspecified atom stereocenters. The summed E-state index contributed by atoms with van der Waals surface area (Å²) in [5.74, 6) is 1.60. The molecule has 106 valence electrons. The Morgan fingerprint density at radius 1 is 1.20 bits per heavy atom. The van der Waals surface area contributed by atoms with Gasteiger partial charge in [-0.05, 0) is 54.6 Å². The Morgan fingerprint density at radius 2 is 2.05 bits per heavy atom. The molecule has 4 rings (SSSR count). The highest BCUT2D eigenvalue weighted by Crippen LogP contribution is 2.28. The number of hydrogen-bond acceptors (Lipinski definition) is 3. The molecule has 0 spiro atoms. The molecule has 4 heteroatoms. The minimum absolute atomic E-state index is 0.185. The Balaban J connectivity index is 1.52. The van der Waals surface area contributed by atoms with Gasteiger partial charge in [-0.2, -0.15) is 0 Å². The third-order valence-electron chi connectivity index (χ3n) is 4.96. The first kappa shape index (κ1) is 12.4. The minimum Gasteiger partial charge on any atom is -0.372 e. The van der Waals surface area contributed by atoms with Crippen molar-refractivity contribution in [1.82, 2.24) is 10.2 Å². The van der Waals surface area contributed by atoms with Gasteiger partial charge in [-0.3, -0.25) is 4.79 Å². The number of piperidine rings is 1. The fourth-order valence-corrected chi connectivity index (χ4v) is 3.71. The summed E-state index contributed by atoms with van der Waals surface area (Å²) in [7, 11) is 0. The van der Waals surface area contributed by atoms with Crippen molar-refractivity contribution in [2.24, 2.45) is 11.8 Å². The molecule has 3 aliphatic heterocycles. The first-order chi connectivity index (χ1) is 9.81. The number of ether oxygens (including phenoxy) is 1. The van der Waals surface area contributed by atoms with Crippen molar-refractivity contribution < 1.29 is 9.53 Å². The van der Waals surface area contributed by atoms with Gasteiger partial charge in [0.05, 0.1) is 13.2 Å². The van der Waals surface area contributed by atoms with E-state index in [-0.39, 0.29) is 5.91 Å². The number of nitrogens with one attached hydrogen (secondary N) is 1. The van der Waals surface area contributed by atoms with Crippen molar-refractivity contribution in [2.45, 2.75) is 19.6 Å². The molecule has 3 aliphatic rings. The van der Waals surface area contributed by atoms with E-state index in [9.17, 15) is 4.79 Å². The van der Waals surface area contributed by atoms with Crippen LogP contribution >= 0.6 is 0 Å². The predicted octanol–water partition coefficient (Wildman–Crippen LogP) is 1.40. The molecular weight excluding hydrogens is 252 g/mol. The molecule has 0 radical (unpaired) electrons. The maximum atomic E-state index is 12.7. The summed E-state index contributed by atoms with van der Waals surface area (Å²) in [4.78, 5) is 14.7. The Labute approximate surface area is 119 Å². The second kappa shape index (κ2) is 4.86. The van der Waals surface area contributed by atoms with Crippen LogP contribution in [0.1, 0.15) is 27.9 Å². The highest BCUT2D eigenvalue weighted by atomic mass is 16.5. The standard InChI is InChI=1S/C16H20N2O2/c19-16(11-1-2-13-9-20-10-14(13)5-11)18-4-3-12-6-17-7-15(12)8-18/h1-2,5,12,15,17H,3-4,6-10H2. The number of hydrogen-bond donors (Lipinski definition) is 1. The normalized spacial score (nSPS) is 28.3. The van der Waals surface area contributed by atoms with Gasteiger partial charge in [0, 0.05) is 18.7 Å². The van der Waals surface area contributed by atoms with Crippen LogP contribution in [0.3, 0.4) is 0 Å². The van der Waals surface area contributed by atoms with E-state index < -0.39 is 0 Å². The van der Waals surface area contributed by atoms with Crippen LogP contribution in [-0.4, -0.2) is 37.0 Å². The summed E-state index contributed by atoms with van der Waals surface area (Å²) in [6.45, 7) is 5.32. The topological polar surface area (TPSA) is 41.6 Å². The van der Waals surface area contributed by atoms with Gasteiger partial charge < -0.3 is 15.0 Å². The zero-order chi connectivity index (χ0) is 13.5. The van der Waals surface area contributed by atoms with Gasteiger partial charge in [-0.1, -0.05) is 6.07 Å². The van der Waals surface area contributed by atoms with Gasteiger partial charge in [0.1, 0.15) is 0 Å². The molecular formula is C16H20N2O2. The van der Waals surface area contributed by atoms with Crippen molar-refractivity contribution in [2.75, 3.05) is 26.2 Å². The molecule has 20 heavy (non-hydrogen) atoms. The molecule has 0 aromatic heterocycles. The van der Waals surface area contributed by atoms with E-state index in [1.54, 1.807) is 0 Å². The first-order valence-electron chi connectivity index (χ1n) is 7.51. The van der Waals surface area contributed by atoms with Crippen molar-refractivity contribution in [3.63, 3.8) is 0 Å². The van der Waals surface area contributed by atoms with Gasteiger partial charge in [0.15, 0.2) is 0 Å². The van der Waals surface area contributed by atoms with E-state index in [4.69, 9.17) is 4.74 Å². The number of carbonyl (C=O) groups is 1. The molecule has 2 saturated heterocycles. The smallest absolute Gasteiger partial charge is 0.253 e. The van der Waals surface area contributed by atoms with E-state index in [0.717, 1.165) is 44.1 Å². The van der Waals surface area contributed by atoms with Gasteiger partial charge in [-0.25, -0.2) is 0 Å². The molecule has 2 fully saturated rings. The van der Waals surface area contributed by atoms with Crippen LogP contribution in [0, 0.1) is 11.8 Å². The Kier molecular flexibility index (Phi) is 3.00. The van der Waals surface area contributed by atoms with Gasteiger partial charge in [0.2, 0.25) is 0 Å². The number of fused-ring (bicyclic) bond motifs is 2. The quantitative estimate of drug-likeness (QED) is 0.840. The highest BCUT2D eigenvalue weighted by Gasteiger charge is 2.34. The lowest BCUT2D eigenvalue weighted by Gasteiger charge is -2.34. The van der Waals surface area contributed by atoms with Crippen LogP contribution in [0.2, 0.25) is 0 Å². The molecule has 0 aliphatic carbocycles. The molecule has 4 nitrogen and oxygen atoms in total. The molecule has 1 N–H and O–H groups in total. The highest BCUT2D eigenvalue weighted by molar-refractivity contribution is 5.94. The molecule has 0 saturated carbocycles. The van der Waals surface area contributed by atoms with Crippen LogP contribution in [0.4, 0.5) is 0 Å². The summed E-state index contributed by atoms with van der Waals surface area (Å²) in [5.41, 5.74) is 3.21. The second-order valence-electron chi connectivity index (χ2n) is 6.19. The summed E-state index contributed by atoms with van der Waals surface area (Å²) >= 11 is 0. The molecule has 1 aromatic rings. The van der Waals surface area contributed by atoms with Gasteiger partial charge >= 0.3 is 0 Å². The average Bonchev–Trinajstić information content (AvgIpc) is 3.13. The first-order valence-corrected chi connectivity index (χ1v) is 7.51. The molecule has 1 aromatic carbocycles. The zero-order valence-electron chi connectivity index (χ0n) is 11.6. The Bertz CT molecular complexity index is 543. The summed E-state index contributed by atoms with van der Waals surface area (Å²) in [6, 6.07) is 6.01. The fraction of sp³-hybridized carbons (Fsp3) is 0.562. The molecule has 3 heterocycles. The van der Waals surface area contributed by atoms with Crippen LogP contribution in [0.15, 0.2) is 18.2 Å². The van der Waals surface area contributed by atoms with Crippen LogP contribution in [0.25, 0.3) is 0 Å². The SMILES string of the molecule is O=C(c1ccc2c(c1)COC2)N1CCC2CNCC2C1.